The van der Waals surface area contributed by atoms with Crippen LogP contribution in [0.15, 0.2) is 23.1 Å². The van der Waals surface area contributed by atoms with Crippen LogP contribution in [0.1, 0.15) is 52.0 Å². The van der Waals surface area contributed by atoms with Crippen molar-refractivity contribution in [3.63, 3.8) is 0 Å². The van der Waals surface area contributed by atoms with Gasteiger partial charge in [0.1, 0.15) is 5.75 Å². The molecule has 3 heteroatoms. The quantitative estimate of drug-likeness (QED) is 0.805. The summed E-state index contributed by atoms with van der Waals surface area (Å²) in [6.07, 6.45) is 5.16. The minimum Gasteiger partial charge on any atom is -0.490 e. The first-order chi connectivity index (χ1) is 9.55. The summed E-state index contributed by atoms with van der Waals surface area (Å²) < 4.78 is 6.26. The first-order valence-electron chi connectivity index (χ1n) is 7.67. The molecule has 0 radical (unpaired) electrons. The molecule has 1 aliphatic rings. The molecule has 1 fully saturated rings. The van der Waals surface area contributed by atoms with Crippen molar-refractivity contribution in [1.29, 1.82) is 0 Å². The molecule has 1 saturated carbocycles. The number of rotatable bonds is 5. The number of benzene rings is 1. The SMILES string of the molecule is CCSc1cccc(OC2CCC(C)(C)CC2)c1CN. The van der Waals surface area contributed by atoms with Gasteiger partial charge in [0.15, 0.2) is 0 Å². The van der Waals surface area contributed by atoms with Gasteiger partial charge in [0.05, 0.1) is 6.10 Å². The monoisotopic (exact) mass is 293 g/mol. The Hall–Kier alpha value is -0.670. The maximum atomic E-state index is 6.26. The average molecular weight is 293 g/mol. The van der Waals surface area contributed by atoms with Crippen LogP contribution >= 0.6 is 11.8 Å². The molecular formula is C17H27NOS. The molecule has 0 heterocycles. The molecule has 1 aliphatic carbocycles. The Morgan fingerprint density at radius 2 is 2.00 bits per heavy atom. The number of thioether (sulfide) groups is 1. The van der Waals surface area contributed by atoms with E-state index in [9.17, 15) is 0 Å². The Kier molecular flexibility index (Phi) is 5.39. The Balaban J connectivity index is 2.07. The molecule has 20 heavy (non-hydrogen) atoms. The molecule has 0 aliphatic heterocycles. The summed E-state index contributed by atoms with van der Waals surface area (Å²) in [5, 5.41) is 0. The highest BCUT2D eigenvalue weighted by Gasteiger charge is 2.28. The van der Waals surface area contributed by atoms with E-state index in [-0.39, 0.29) is 0 Å². The Bertz CT molecular complexity index is 435. The van der Waals surface area contributed by atoms with Gasteiger partial charge in [-0.15, -0.1) is 11.8 Å². The van der Waals surface area contributed by atoms with Gasteiger partial charge in [0, 0.05) is 17.0 Å². The second-order valence-corrected chi connectivity index (χ2v) is 7.66. The lowest BCUT2D eigenvalue weighted by molar-refractivity contribution is 0.0977. The lowest BCUT2D eigenvalue weighted by atomic mass is 9.76. The van der Waals surface area contributed by atoms with E-state index in [1.807, 2.05) is 11.8 Å². The lowest BCUT2D eigenvalue weighted by Gasteiger charge is -2.34. The number of ether oxygens (including phenoxy) is 1. The molecule has 2 N–H and O–H groups in total. The number of nitrogens with two attached hydrogens (primary N) is 1. The number of hydrogen-bond acceptors (Lipinski definition) is 3. The molecule has 0 aromatic heterocycles. The maximum absolute atomic E-state index is 6.26. The van der Waals surface area contributed by atoms with Crippen LogP contribution < -0.4 is 10.5 Å². The highest BCUT2D eigenvalue weighted by Crippen LogP contribution is 2.38. The Morgan fingerprint density at radius 3 is 2.60 bits per heavy atom. The minimum absolute atomic E-state index is 0.357. The maximum Gasteiger partial charge on any atom is 0.125 e. The van der Waals surface area contributed by atoms with Crippen LogP contribution in [0, 0.1) is 5.41 Å². The molecular weight excluding hydrogens is 266 g/mol. The third-order valence-electron chi connectivity index (χ3n) is 4.17. The van der Waals surface area contributed by atoms with E-state index in [2.05, 4.69) is 39.0 Å². The molecule has 1 aromatic carbocycles. The molecule has 1 aromatic rings. The molecule has 0 unspecified atom stereocenters. The standard InChI is InChI=1S/C17H27NOS/c1-4-20-16-7-5-6-15(14(16)12-18)19-13-8-10-17(2,3)11-9-13/h5-7,13H,4,8-12,18H2,1-3H3. The second-order valence-electron chi connectivity index (χ2n) is 6.35. The molecule has 0 saturated heterocycles. The smallest absolute Gasteiger partial charge is 0.125 e. The molecule has 0 bridgehead atoms. The fourth-order valence-corrected chi connectivity index (χ4v) is 3.66. The fourth-order valence-electron chi connectivity index (χ4n) is 2.82. The second kappa shape index (κ2) is 6.86. The van der Waals surface area contributed by atoms with Gasteiger partial charge in [-0.3, -0.25) is 0 Å². The average Bonchev–Trinajstić information content (AvgIpc) is 2.42. The molecule has 0 atom stereocenters. The van der Waals surface area contributed by atoms with Crippen molar-refractivity contribution in [2.45, 2.75) is 64.0 Å². The van der Waals surface area contributed by atoms with Crippen LogP contribution in [0.2, 0.25) is 0 Å². The third-order valence-corrected chi connectivity index (χ3v) is 5.16. The molecule has 2 nitrogen and oxygen atoms in total. The van der Waals surface area contributed by atoms with E-state index in [0.29, 0.717) is 18.1 Å². The minimum atomic E-state index is 0.357. The summed E-state index contributed by atoms with van der Waals surface area (Å²) in [7, 11) is 0. The first kappa shape index (κ1) is 15.7. The molecule has 2 rings (SSSR count). The summed E-state index contributed by atoms with van der Waals surface area (Å²) in [6, 6.07) is 6.30. The van der Waals surface area contributed by atoms with Crippen LogP contribution in [-0.4, -0.2) is 11.9 Å². The van der Waals surface area contributed by atoms with Crippen LogP contribution in [-0.2, 0) is 6.54 Å². The summed E-state index contributed by atoms with van der Waals surface area (Å²) in [5.41, 5.74) is 7.59. The van der Waals surface area contributed by atoms with Gasteiger partial charge >= 0.3 is 0 Å². The van der Waals surface area contributed by atoms with Crippen molar-refractivity contribution in [3.05, 3.63) is 23.8 Å². The van der Waals surface area contributed by atoms with E-state index in [0.717, 1.165) is 24.3 Å². The van der Waals surface area contributed by atoms with Gasteiger partial charge in [-0.1, -0.05) is 26.8 Å². The Labute approximate surface area is 127 Å². The van der Waals surface area contributed by atoms with Gasteiger partial charge < -0.3 is 10.5 Å². The molecule has 0 amide bonds. The number of hydrogen-bond donors (Lipinski definition) is 1. The molecule has 0 spiro atoms. The highest BCUT2D eigenvalue weighted by molar-refractivity contribution is 7.99. The highest BCUT2D eigenvalue weighted by atomic mass is 32.2. The zero-order valence-corrected chi connectivity index (χ0v) is 13.8. The largest absolute Gasteiger partial charge is 0.490 e. The van der Waals surface area contributed by atoms with Crippen LogP contribution in [0.25, 0.3) is 0 Å². The molecule has 112 valence electrons. The fraction of sp³-hybridized carbons (Fsp3) is 0.647. The van der Waals surface area contributed by atoms with Gasteiger partial charge in [-0.2, -0.15) is 0 Å². The van der Waals surface area contributed by atoms with Gasteiger partial charge in [-0.25, -0.2) is 0 Å². The topological polar surface area (TPSA) is 35.2 Å². The van der Waals surface area contributed by atoms with Gasteiger partial charge in [0.2, 0.25) is 0 Å². The van der Waals surface area contributed by atoms with Gasteiger partial charge in [-0.05, 0) is 49.0 Å². The zero-order chi connectivity index (χ0) is 14.6. The first-order valence-corrected chi connectivity index (χ1v) is 8.65. The van der Waals surface area contributed by atoms with Crippen molar-refractivity contribution < 1.29 is 4.74 Å². The predicted molar refractivity (Wildman–Crippen MR) is 87.4 cm³/mol. The van der Waals surface area contributed by atoms with E-state index >= 15 is 0 Å². The Morgan fingerprint density at radius 1 is 1.30 bits per heavy atom. The van der Waals surface area contributed by atoms with Crippen LogP contribution in [0.5, 0.6) is 5.75 Å². The van der Waals surface area contributed by atoms with Crippen molar-refractivity contribution >= 4 is 11.8 Å². The summed E-state index contributed by atoms with van der Waals surface area (Å²) >= 11 is 1.84. The van der Waals surface area contributed by atoms with Crippen LogP contribution in [0.3, 0.4) is 0 Å². The van der Waals surface area contributed by atoms with Crippen molar-refractivity contribution in [1.82, 2.24) is 0 Å². The lowest BCUT2D eigenvalue weighted by Crippen LogP contribution is -2.28. The summed E-state index contributed by atoms with van der Waals surface area (Å²) in [4.78, 5) is 1.27. The van der Waals surface area contributed by atoms with Crippen LogP contribution in [0.4, 0.5) is 0 Å². The predicted octanol–water partition coefficient (Wildman–Crippen LogP) is 4.60. The zero-order valence-electron chi connectivity index (χ0n) is 12.9. The van der Waals surface area contributed by atoms with Crippen molar-refractivity contribution in [3.8, 4) is 5.75 Å². The van der Waals surface area contributed by atoms with E-state index in [1.165, 1.54) is 23.3 Å². The normalized spacial score (nSPS) is 19.0. The third kappa shape index (κ3) is 3.92. The van der Waals surface area contributed by atoms with Crippen molar-refractivity contribution in [2.75, 3.05) is 5.75 Å². The van der Waals surface area contributed by atoms with E-state index in [1.54, 1.807) is 0 Å². The van der Waals surface area contributed by atoms with Gasteiger partial charge in [0.25, 0.3) is 0 Å². The summed E-state index contributed by atoms with van der Waals surface area (Å²) in [6.45, 7) is 7.43. The van der Waals surface area contributed by atoms with E-state index < -0.39 is 0 Å². The van der Waals surface area contributed by atoms with Crippen molar-refractivity contribution in [2.24, 2.45) is 11.1 Å². The van der Waals surface area contributed by atoms with E-state index in [4.69, 9.17) is 10.5 Å². The summed E-state index contributed by atoms with van der Waals surface area (Å²) in [5.74, 6) is 2.06.